The fourth-order valence-electron chi connectivity index (χ4n) is 1.82. The fourth-order valence-corrected chi connectivity index (χ4v) is 1.82. The number of hydrogen-bond acceptors (Lipinski definition) is 4. The minimum absolute atomic E-state index is 0.00184. The first-order valence-corrected chi connectivity index (χ1v) is 8.11. The van der Waals surface area contributed by atoms with Crippen LogP contribution in [0.1, 0.15) is 50.7 Å². The van der Waals surface area contributed by atoms with Gasteiger partial charge in [-0.05, 0) is 25.0 Å². The van der Waals surface area contributed by atoms with Gasteiger partial charge >= 0.3 is 5.97 Å². The average molecular weight is 331 g/mol. The van der Waals surface area contributed by atoms with Gasteiger partial charge in [0.2, 0.25) is 0 Å². The molecule has 0 fully saturated rings. The zero-order chi connectivity index (χ0) is 17.8. The Morgan fingerprint density at radius 3 is 2.35 bits per heavy atom. The SMILES string of the molecule is CC(C)C1(C)N=C(c2ncccc2C(=O)O)NC1=O.C[CH](C)[Al]. The number of pyridine rings is 1. The number of amidine groups is 1. The molecule has 122 valence electrons. The molecule has 0 spiro atoms. The molecule has 0 aliphatic carbocycles. The lowest BCUT2D eigenvalue weighted by Crippen LogP contribution is -2.41. The predicted molar refractivity (Wildman–Crippen MR) is 90.0 cm³/mol. The van der Waals surface area contributed by atoms with Crippen molar-refractivity contribution in [2.45, 2.75) is 44.9 Å². The summed E-state index contributed by atoms with van der Waals surface area (Å²) >= 11 is 2.66. The van der Waals surface area contributed by atoms with Crippen molar-refractivity contribution in [2.24, 2.45) is 10.9 Å². The maximum absolute atomic E-state index is 12.0. The van der Waals surface area contributed by atoms with Crippen LogP contribution < -0.4 is 5.32 Å². The molecule has 2 rings (SSSR count). The van der Waals surface area contributed by atoms with Crippen LogP contribution >= 0.6 is 0 Å². The van der Waals surface area contributed by atoms with Crippen LogP contribution in [0.25, 0.3) is 0 Å². The molecular formula is C16H22AlN3O3. The van der Waals surface area contributed by atoms with Crippen molar-refractivity contribution < 1.29 is 14.7 Å². The van der Waals surface area contributed by atoms with Crippen LogP contribution in [-0.2, 0) is 4.79 Å². The number of nitrogens with zero attached hydrogens (tertiary/aromatic N) is 2. The van der Waals surface area contributed by atoms with E-state index in [1.54, 1.807) is 6.92 Å². The summed E-state index contributed by atoms with van der Waals surface area (Å²) in [6.45, 7) is 9.77. The minimum atomic E-state index is -1.10. The molecule has 2 heterocycles. The highest BCUT2D eigenvalue weighted by atomic mass is 27.0. The molecular weight excluding hydrogens is 309 g/mol. The van der Waals surface area contributed by atoms with Gasteiger partial charge in [-0.1, -0.05) is 27.7 Å². The smallest absolute Gasteiger partial charge is 0.338 e. The van der Waals surface area contributed by atoms with Gasteiger partial charge in [-0.2, -0.15) is 0 Å². The van der Waals surface area contributed by atoms with E-state index in [4.69, 9.17) is 5.11 Å². The number of aromatic carboxylic acids is 1. The molecule has 2 N–H and O–H groups in total. The molecule has 0 bridgehead atoms. The number of carbonyl (C=O) groups excluding carboxylic acids is 1. The normalized spacial score (nSPS) is 20.0. The Hall–Kier alpha value is -1.71. The van der Waals surface area contributed by atoms with Gasteiger partial charge in [0.15, 0.2) is 5.84 Å². The van der Waals surface area contributed by atoms with Gasteiger partial charge in [-0.25, -0.2) is 9.79 Å². The highest BCUT2D eigenvalue weighted by Gasteiger charge is 2.42. The highest BCUT2D eigenvalue weighted by molar-refractivity contribution is 6.17. The van der Waals surface area contributed by atoms with E-state index in [9.17, 15) is 9.59 Å². The van der Waals surface area contributed by atoms with Crippen LogP contribution in [0.2, 0.25) is 4.78 Å². The quantitative estimate of drug-likeness (QED) is 0.829. The van der Waals surface area contributed by atoms with Gasteiger partial charge < -0.3 is 10.4 Å². The molecule has 1 aliphatic heterocycles. The molecule has 0 saturated carbocycles. The number of amides is 1. The van der Waals surface area contributed by atoms with Gasteiger partial charge in [0.25, 0.3) is 5.91 Å². The van der Waals surface area contributed by atoms with Gasteiger partial charge in [-0.3, -0.25) is 9.78 Å². The van der Waals surface area contributed by atoms with E-state index >= 15 is 0 Å². The maximum atomic E-state index is 12.0. The predicted octanol–water partition coefficient (Wildman–Crippen LogP) is 2.05. The topological polar surface area (TPSA) is 91.7 Å². The molecule has 6 nitrogen and oxygen atoms in total. The minimum Gasteiger partial charge on any atom is -0.478 e. The number of nitrogens with one attached hydrogen (secondary N) is 1. The van der Waals surface area contributed by atoms with Crippen molar-refractivity contribution >= 4 is 34.0 Å². The molecule has 1 aromatic rings. The van der Waals surface area contributed by atoms with Crippen LogP contribution in [0.3, 0.4) is 0 Å². The van der Waals surface area contributed by atoms with Crippen molar-refractivity contribution in [3.05, 3.63) is 29.6 Å². The average Bonchev–Trinajstić information content (AvgIpc) is 2.75. The van der Waals surface area contributed by atoms with Crippen LogP contribution in [-0.4, -0.2) is 49.6 Å². The van der Waals surface area contributed by atoms with Crippen LogP contribution in [0.15, 0.2) is 23.3 Å². The lowest BCUT2D eigenvalue weighted by molar-refractivity contribution is -0.124. The zero-order valence-electron chi connectivity index (χ0n) is 14.1. The molecule has 23 heavy (non-hydrogen) atoms. The first-order valence-electron chi connectivity index (χ1n) is 7.45. The fraction of sp³-hybridized carbons (Fsp3) is 0.500. The third-order valence-corrected chi connectivity index (χ3v) is 3.42. The summed E-state index contributed by atoms with van der Waals surface area (Å²) in [6.07, 6.45) is 1.47. The van der Waals surface area contributed by atoms with E-state index in [1.165, 1.54) is 18.3 Å². The van der Waals surface area contributed by atoms with E-state index < -0.39 is 11.5 Å². The van der Waals surface area contributed by atoms with Crippen molar-refractivity contribution in [3.63, 3.8) is 0 Å². The third kappa shape index (κ3) is 4.63. The van der Waals surface area contributed by atoms with Gasteiger partial charge in [-0.15, -0.1) is 4.78 Å². The van der Waals surface area contributed by atoms with Crippen LogP contribution in [0, 0.1) is 5.92 Å². The Morgan fingerprint density at radius 2 is 1.91 bits per heavy atom. The lowest BCUT2D eigenvalue weighted by atomic mass is 9.89. The largest absolute Gasteiger partial charge is 0.478 e. The van der Waals surface area contributed by atoms with E-state index in [-0.39, 0.29) is 28.9 Å². The number of rotatable bonds is 3. The maximum Gasteiger partial charge on any atom is 0.338 e. The second-order valence-electron chi connectivity index (χ2n) is 6.17. The Kier molecular flexibility index (Phi) is 6.49. The van der Waals surface area contributed by atoms with Crippen LogP contribution in [0.4, 0.5) is 0 Å². The van der Waals surface area contributed by atoms with Gasteiger partial charge in [0.1, 0.15) is 27.5 Å². The molecule has 1 aliphatic rings. The van der Waals surface area contributed by atoms with Crippen molar-refractivity contribution in [2.75, 3.05) is 0 Å². The van der Waals surface area contributed by atoms with E-state index in [1.807, 2.05) is 13.8 Å². The zero-order valence-corrected chi connectivity index (χ0v) is 15.3. The summed E-state index contributed by atoms with van der Waals surface area (Å²) in [5.74, 6) is -1.11. The van der Waals surface area contributed by atoms with E-state index in [0.717, 1.165) is 4.78 Å². The van der Waals surface area contributed by atoms with Gasteiger partial charge in [0.05, 0.1) is 5.56 Å². The van der Waals surface area contributed by atoms with E-state index in [0.29, 0.717) is 0 Å². The number of carboxylic acid groups (broad SMARTS) is 1. The third-order valence-electron chi connectivity index (χ3n) is 3.42. The first-order chi connectivity index (χ1) is 10.6. The monoisotopic (exact) mass is 331 g/mol. The Morgan fingerprint density at radius 1 is 1.35 bits per heavy atom. The molecule has 0 saturated heterocycles. The molecule has 0 aromatic carbocycles. The summed E-state index contributed by atoms with van der Waals surface area (Å²) in [4.78, 5) is 31.5. The lowest BCUT2D eigenvalue weighted by Gasteiger charge is -2.21. The summed E-state index contributed by atoms with van der Waals surface area (Å²) in [6, 6.07) is 2.97. The standard InChI is InChI=1S/C13H15N3O3.C3H7.Al/c1-7(2)13(3)12(19)15-10(16-13)9-8(11(17)18)5-4-6-14-9;1-3-2;/h4-7H,1-3H3,(H,17,18)(H,15,16,19);3H,1-2H3;. The molecule has 1 amide bonds. The number of hydrogen-bond donors (Lipinski definition) is 2. The number of aliphatic imine (C=N–C) groups is 1. The number of aromatic nitrogens is 1. The summed E-state index contributed by atoms with van der Waals surface area (Å²) in [5, 5.41) is 11.7. The van der Waals surface area contributed by atoms with Crippen molar-refractivity contribution in [1.82, 2.24) is 10.3 Å². The summed E-state index contributed by atoms with van der Waals surface area (Å²) in [7, 11) is 0. The molecule has 1 unspecified atom stereocenters. The van der Waals surface area contributed by atoms with Gasteiger partial charge in [0, 0.05) is 6.20 Å². The molecule has 2 radical (unpaired) electrons. The van der Waals surface area contributed by atoms with E-state index in [2.05, 4.69) is 45.4 Å². The molecule has 7 heteroatoms. The second kappa shape index (κ2) is 7.71. The van der Waals surface area contributed by atoms with Crippen molar-refractivity contribution in [1.29, 1.82) is 0 Å². The number of carboxylic acids is 1. The second-order valence-corrected chi connectivity index (χ2v) is 7.50. The number of carbonyl (C=O) groups is 2. The van der Waals surface area contributed by atoms with Crippen LogP contribution in [0.5, 0.6) is 0 Å². The first kappa shape index (κ1) is 19.3. The Bertz CT molecular complexity index is 626. The summed E-state index contributed by atoms with van der Waals surface area (Å²) in [5.41, 5.74) is -0.676. The molecule has 1 atom stereocenters. The molecule has 1 aromatic heterocycles. The highest BCUT2D eigenvalue weighted by Crippen LogP contribution is 2.27. The van der Waals surface area contributed by atoms with Crippen molar-refractivity contribution in [3.8, 4) is 0 Å². The summed E-state index contributed by atoms with van der Waals surface area (Å²) < 4.78 is 0.750. The Labute approximate surface area is 144 Å². The Balaban J connectivity index is 0.000000593.